The van der Waals surface area contributed by atoms with Gasteiger partial charge in [-0.2, -0.15) is 0 Å². The topological polar surface area (TPSA) is 60.7 Å². The molecule has 1 aromatic carbocycles. The van der Waals surface area contributed by atoms with Crippen LogP contribution < -0.4 is 14.8 Å². The van der Waals surface area contributed by atoms with Gasteiger partial charge in [-0.15, -0.1) is 0 Å². The summed E-state index contributed by atoms with van der Waals surface area (Å²) in [6, 6.07) is 3.80. The molecule has 142 valence electrons. The van der Waals surface area contributed by atoms with Crippen LogP contribution in [-0.4, -0.2) is 18.2 Å². The van der Waals surface area contributed by atoms with Crippen LogP contribution >= 0.6 is 0 Å². The fraction of sp³-hybridized carbons (Fsp3) is 0.500. The average molecular weight is 367 g/mol. The molecule has 2 aromatic rings. The molecule has 5 heteroatoms. The minimum atomic E-state index is -0.685. The first-order valence-electron chi connectivity index (χ1n) is 9.98. The summed E-state index contributed by atoms with van der Waals surface area (Å²) in [6.07, 6.45) is 8.35. The van der Waals surface area contributed by atoms with E-state index in [2.05, 4.69) is 5.32 Å². The summed E-state index contributed by atoms with van der Waals surface area (Å²) in [5.74, 6) is 1.80. The third-order valence-corrected chi connectivity index (χ3v) is 6.36. The highest BCUT2D eigenvalue weighted by atomic mass is 16.7. The molecule has 1 saturated carbocycles. The summed E-state index contributed by atoms with van der Waals surface area (Å²) in [5.41, 5.74) is 3.46. The predicted molar refractivity (Wildman–Crippen MR) is 101 cm³/mol. The van der Waals surface area contributed by atoms with Crippen LogP contribution in [0.1, 0.15) is 60.5 Å². The van der Waals surface area contributed by atoms with Crippen molar-refractivity contribution in [3.05, 3.63) is 35.1 Å². The number of amides is 1. The van der Waals surface area contributed by atoms with Crippen LogP contribution in [0.3, 0.4) is 0 Å². The van der Waals surface area contributed by atoms with Crippen molar-refractivity contribution in [3.63, 3.8) is 0 Å². The van der Waals surface area contributed by atoms with Crippen LogP contribution in [0, 0.1) is 12.8 Å². The molecular weight excluding hydrogens is 342 g/mol. The van der Waals surface area contributed by atoms with E-state index in [1.807, 2.05) is 26.0 Å². The molecular formula is C22H25NO4. The van der Waals surface area contributed by atoms with E-state index >= 15 is 0 Å². The van der Waals surface area contributed by atoms with Crippen LogP contribution in [0.5, 0.6) is 11.5 Å². The molecule has 1 atom stereocenters. The monoisotopic (exact) mass is 367 g/mol. The van der Waals surface area contributed by atoms with Crippen molar-refractivity contribution in [2.24, 2.45) is 5.92 Å². The summed E-state index contributed by atoms with van der Waals surface area (Å²) < 4.78 is 18.8. The third-order valence-electron chi connectivity index (χ3n) is 6.36. The number of carbonyl (C=O) groups excluding carboxylic acids is 1. The molecule has 1 N–H and O–H groups in total. The maximum atomic E-state index is 12.7. The lowest BCUT2D eigenvalue weighted by Gasteiger charge is -2.34. The molecule has 0 spiro atoms. The van der Waals surface area contributed by atoms with E-state index in [1.165, 1.54) is 19.3 Å². The Bertz CT molecular complexity index is 896. The van der Waals surface area contributed by atoms with E-state index in [-0.39, 0.29) is 5.91 Å². The van der Waals surface area contributed by atoms with Crippen molar-refractivity contribution in [1.82, 2.24) is 5.32 Å². The molecule has 0 bridgehead atoms. The van der Waals surface area contributed by atoms with Gasteiger partial charge in [0.1, 0.15) is 5.76 Å². The van der Waals surface area contributed by atoms with Gasteiger partial charge in [-0.1, -0.05) is 19.3 Å². The molecule has 1 amide bonds. The number of hydrogen-bond acceptors (Lipinski definition) is 4. The maximum absolute atomic E-state index is 12.7. The number of furan rings is 1. The second kappa shape index (κ2) is 6.04. The zero-order valence-electron chi connectivity index (χ0n) is 15.9. The molecule has 1 unspecified atom stereocenters. The van der Waals surface area contributed by atoms with Crippen molar-refractivity contribution in [3.8, 4) is 22.8 Å². The molecule has 0 saturated heterocycles. The summed E-state index contributed by atoms with van der Waals surface area (Å²) in [6.45, 7) is 4.64. The van der Waals surface area contributed by atoms with Crippen molar-refractivity contribution >= 4 is 5.91 Å². The largest absolute Gasteiger partial charge is 0.464 e. The van der Waals surface area contributed by atoms with Crippen molar-refractivity contribution < 1.29 is 18.7 Å². The Morgan fingerprint density at radius 3 is 2.63 bits per heavy atom. The minimum Gasteiger partial charge on any atom is -0.464 e. The Morgan fingerprint density at radius 2 is 1.89 bits per heavy atom. The van der Waals surface area contributed by atoms with E-state index in [0.29, 0.717) is 23.8 Å². The summed E-state index contributed by atoms with van der Waals surface area (Å²) in [5, 5.41) is 2.96. The van der Waals surface area contributed by atoms with Crippen molar-refractivity contribution in [2.45, 2.75) is 58.2 Å². The maximum Gasteiger partial charge on any atom is 0.252 e. The molecule has 5 rings (SSSR count). The molecule has 1 fully saturated rings. The SMILES string of the molecule is Cc1c2c(c(-c3ccco3)c3c1C(=O)NCC3)OC(C)(C1CCCCC1)O2. The standard InChI is InChI=1S/C22H25NO4/c1-13-17-15(10-11-23-21(17)24)18(16-9-6-12-25-16)20-19(13)26-22(2,27-20)14-7-4-3-5-8-14/h6,9,12,14H,3-5,7-8,10-11H2,1-2H3,(H,23,24). The Hall–Kier alpha value is -2.43. The van der Waals surface area contributed by atoms with Gasteiger partial charge in [0.05, 0.1) is 17.4 Å². The van der Waals surface area contributed by atoms with Crippen LogP contribution in [0.15, 0.2) is 22.8 Å². The van der Waals surface area contributed by atoms with Crippen LogP contribution in [0.2, 0.25) is 0 Å². The molecule has 3 heterocycles. The fourth-order valence-electron chi connectivity index (χ4n) is 4.95. The third kappa shape index (κ3) is 2.47. The van der Waals surface area contributed by atoms with Gasteiger partial charge in [0.15, 0.2) is 11.5 Å². The lowest BCUT2D eigenvalue weighted by Crippen LogP contribution is -2.44. The Kier molecular flexibility index (Phi) is 3.74. The zero-order chi connectivity index (χ0) is 18.6. The number of carbonyl (C=O) groups is 1. The van der Waals surface area contributed by atoms with Crippen LogP contribution in [0.4, 0.5) is 0 Å². The molecule has 5 nitrogen and oxygen atoms in total. The quantitative estimate of drug-likeness (QED) is 0.842. The smallest absolute Gasteiger partial charge is 0.252 e. The van der Waals surface area contributed by atoms with Gasteiger partial charge in [0.25, 0.3) is 11.7 Å². The molecule has 27 heavy (non-hydrogen) atoms. The van der Waals surface area contributed by atoms with Gasteiger partial charge in [-0.3, -0.25) is 4.79 Å². The molecule has 1 aromatic heterocycles. The van der Waals surface area contributed by atoms with Crippen molar-refractivity contribution in [1.29, 1.82) is 0 Å². The highest BCUT2D eigenvalue weighted by Gasteiger charge is 2.48. The highest BCUT2D eigenvalue weighted by molar-refractivity contribution is 6.02. The molecule has 0 radical (unpaired) electrons. The fourth-order valence-corrected chi connectivity index (χ4v) is 4.95. The number of fused-ring (bicyclic) bond motifs is 2. The highest BCUT2D eigenvalue weighted by Crippen LogP contribution is 2.54. The second-order valence-corrected chi connectivity index (χ2v) is 8.05. The minimum absolute atomic E-state index is 0.0424. The summed E-state index contributed by atoms with van der Waals surface area (Å²) >= 11 is 0. The first kappa shape index (κ1) is 16.7. The lowest BCUT2D eigenvalue weighted by molar-refractivity contribution is -0.119. The molecule has 1 aliphatic carbocycles. The predicted octanol–water partition coefficient (Wildman–Crippen LogP) is 4.61. The zero-order valence-corrected chi connectivity index (χ0v) is 15.9. The number of hydrogen-bond donors (Lipinski definition) is 1. The molecule has 2 aliphatic heterocycles. The number of rotatable bonds is 2. The van der Waals surface area contributed by atoms with E-state index in [9.17, 15) is 4.79 Å². The Morgan fingerprint density at radius 1 is 1.11 bits per heavy atom. The van der Waals surface area contributed by atoms with E-state index < -0.39 is 5.79 Å². The Labute approximate surface area is 159 Å². The normalized spacial score (nSPS) is 24.6. The van der Waals surface area contributed by atoms with Crippen molar-refractivity contribution in [2.75, 3.05) is 6.54 Å². The summed E-state index contributed by atoms with van der Waals surface area (Å²) in [7, 11) is 0. The van der Waals surface area contributed by atoms with Gasteiger partial charge in [0.2, 0.25) is 0 Å². The number of ether oxygens (including phenoxy) is 2. The van der Waals surface area contributed by atoms with Gasteiger partial charge in [-0.25, -0.2) is 0 Å². The number of nitrogens with one attached hydrogen (secondary N) is 1. The van der Waals surface area contributed by atoms with Gasteiger partial charge < -0.3 is 19.2 Å². The second-order valence-electron chi connectivity index (χ2n) is 8.05. The van der Waals surface area contributed by atoms with Gasteiger partial charge in [0, 0.05) is 24.9 Å². The first-order valence-corrected chi connectivity index (χ1v) is 9.98. The lowest BCUT2D eigenvalue weighted by atomic mass is 9.84. The molecule has 3 aliphatic rings. The summed E-state index contributed by atoms with van der Waals surface area (Å²) in [4.78, 5) is 12.7. The first-order chi connectivity index (χ1) is 13.1. The average Bonchev–Trinajstić information content (AvgIpc) is 3.32. The van der Waals surface area contributed by atoms with Gasteiger partial charge in [-0.05, 0) is 43.9 Å². The van der Waals surface area contributed by atoms with Crippen LogP contribution in [-0.2, 0) is 6.42 Å². The van der Waals surface area contributed by atoms with E-state index in [0.717, 1.165) is 47.5 Å². The van der Waals surface area contributed by atoms with E-state index in [4.69, 9.17) is 13.9 Å². The van der Waals surface area contributed by atoms with Gasteiger partial charge >= 0.3 is 0 Å². The number of benzene rings is 1. The van der Waals surface area contributed by atoms with Crippen LogP contribution in [0.25, 0.3) is 11.3 Å². The Balaban J connectivity index is 1.69. The van der Waals surface area contributed by atoms with E-state index in [1.54, 1.807) is 6.26 Å².